The summed E-state index contributed by atoms with van der Waals surface area (Å²) in [4.78, 5) is 0. The summed E-state index contributed by atoms with van der Waals surface area (Å²) in [6.45, 7) is 17.1. The predicted octanol–water partition coefficient (Wildman–Crippen LogP) is 4.51. The van der Waals surface area contributed by atoms with Gasteiger partial charge in [-0.25, -0.2) is 0 Å². The van der Waals surface area contributed by atoms with E-state index in [1.54, 1.807) is 0 Å². The summed E-state index contributed by atoms with van der Waals surface area (Å²) >= 11 is 0. The smallest absolute Gasteiger partial charge is 0.0516 e. The molecule has 92 valence electrons. The lowest BCUT2D eigenvalue weighted by Gasteiger charge is -2.39. The monoisotopic (exact) mass is 214 g/mol. The van der Waals surface area contributed by atoms with E-state index in [0.29, 0.717) is 16.2 Å². The first-order chi connectivity index (χ1) is 6.47. The Balaban J connectivity index is 4.59. The standard InChI is InChI=1S/C14H30O/c1-12(2,3)9-14(7,11-15-8)10-13(4,5)6/h9-11H2,1-8H3. The lowest BCUT2D eigenvalue weighted by molar-refractivity contribution is 0.0283. The summed E-state index contributed by atoms with van der Waals surface area (Å²) in [6, 6.07) is 0. The molecule has 0 aliphatic rings. The summed E-state index contributed by atoms with van der Waals surface area (Å²) in [5.41, 5.74) is 1.04. The van der Waals surface area contributed by atoms with Gasteiger partial charge in [0.15, 0.2) is 0 Å². The fourth-order valence-electron chi connectivity index (χ4n) is 3.07. The molecular weight excluding hydrogens is 184 g/mol. The topological polar surface area (TPSA) is 9.23 Å². The van der Waals surface area contributed by atoms with Crippen LogP contribution in [0.2, 0.25) is 0 Å². The zero-order valence-corrected chi connectivity index (χ0v) is 12.0. The summed E-state index contributed by atoms with van der Waals surface area (Å²) in [6.07, 6.45) is 2.43. The number of methoxy groups -OCH3 is 1. The molecule has 0 saturated carbocycles. The van der Waals surface area contributed by atoms with Gasteiger partial charge < -0.3 is 4.74 Å². The van der Waals surface area contributed by atoms with E-state index in [-0.39, 0.29) is 0 Å². The molecule has 0 bridgehead atoms. The molecule has 0 N–H and O–H groups in total. The normalized spacial score (nSPS) is 14.4. The number of hydrogen-bond acceptors (Lipinski definition) is 1. The average molecular weight is 214 g/mol. The van der Waals surface area contributed by atoms with Gasteiger partial charge in [-0.2, -0.15) is 0 Å². The van der Waals surface area contributed by atoms with Gasteiger partial charge in [0.1, 0.15) is 0 Å². The fourth-order valence-corrected chi connectivity index (χ4v) is 3.07. The zero-order valence-electron chi connectivity index (χ0n) is 12.0. The first kappa shape index (κ1) is 15.0. The Kier molecular flexibility index (Phi) is 4.85. The maximum absolute atomic E-state index is 5.40. The predicted molar refractivity (Wildman–Crippen MR) is 68.1 cm³/mol. The van der Waals surface area contributed by atoms with Crippen molar-refractivity contribution in [3.8, 4) is 0 Å². The molecule has 0 aliphatic carbocycles. The molecule has 0 amide bonds. The minimum Gasteiger partial charge on any atom is -0.384 e. The van der Waals surface area contributed by atoms with E-state index in [0.717, 1.165) is 6.61 Å². The largest absolute Gasteiger partial charge is 0.384 e. The first-order valence-corrected chi connectivity index (χ1v) is 5.96. The van der Waals surface area contributed by atoms with E-state index in [4.69, 9.17) is 4.74 Å². The molecule has 0 aliphatic heterocycles. The molecule has 0 aromatic heterocycles. The van der Waals surface area contributed by atoms with Crippen LogP contribution in [0.15, 0.2) is 0 Å². The summed E-state index contributed by atoms with van der Waals surface area (Å²) in [5, 5.41) is 0. The van der Waals surface area contributed by atoms with Gasteiger partial charge in [-0.3, -0.25) is 0 Å². The summed E-state index contributed by atoms with van der Waals surface area (Å²) in [7, 11) is 1.81. The van der Waals surface area contributed by atoms with Crippen molar-refractivity contribution in [2.24, 2.45) is 16.2 Å². The van der Waals surface area contributed by atoms with Crippen molar-refractivity contribution in [1.82, 2.24) is 0 Å². The van der Waals surface area contributed by atoms with Crippen LogP contribution < -0.4 is 0 Å². The highest BCUT2D eigenvalue weighted by Gasteiger charge is 2.33. The molecule has 15 heavy (non-hydrogen) atoms. The molecule has 0 radical (unpaired) electrons. The lowest BCUT2D eigenvalue weighted by atomic mass is 9.68. The first-order valence-electron chi connectivity index (χ1n) is 5.96. The molecule has 0 aromatic rings. The summed E-state index contributed by atoms with van der Waals surface area (Å²) < 4.78 is 5.40. The molecule has 0 aromatic carbocycles. The van der Waals surface area contributed by atoms with Crippen molar-refractivity contribution in [3.63, 3.8) is 0 Å². The third kappa shape index (κ3) is 7.84. The molecule has 0 saturated heterocycles. The van der Waals surface area contributed by atoms with E-state index in [9.17, 15) is 0 Å². The minimum atomic E-state index is 0.297. The Morgan fingerprint density at radius 3 is 1.27 bits per heavy atom. The molecular formula is C14H30O. The second kappa shape index (κ2) is 4.86. The van der Waals surface area contributed by atoms with Gasteiger partial charge in [-0.15, -0.1) is 0 Å². The van der Waals surface area contributed by atoms with Crippen molar-refractivity contribution < 1.29 is 4.74 Å². The highest BCUT2D eigenvalue weighted by atomic mass is 16.5. The van der Waals surface area contributed by atoms with Crippen LogP contribution in [0.25, 0.3) is 0 Å². The molecule has 0 unspecified atom stereocenters. The Bertz CT molecular complexity index is 164. The third-order valence-electron chi connectivity index (χ3n) is 2.41. The maximum Gasteiger partial charge on any atom is 0.0516 e. The van der Waals surface area contributed by atoms with Gasteiger partial charge in [0.2, 0.25) is 0 Å². The van der Waals surface area contributed by atoms with Crippen molar-refractivity contribution in [2.75, 3.05) is 13.7 Å². The van der Waals surface area contributed by atoms with Gasteiger partial charge in [-0.05, 0) is 29.1 Å². The van der Waals surface area contributed by atoms with Crippen LogP contribution in [0.5, 0.6) is 0 Å². The van der Waals surface area contributed by atoms with Crippen molar-refractivity contribution in [2.45, 2.75) is 61.3 Å². The van der Waals surface area contributed by atoms with Crippen molar-refractivity contribution >= 4 is 0 Å². The molecule has 1 nitrogen and oxygen atoms in total. The molecule has 1 heteroatoms. The van der Waals surface area contributed by atoms with Crippen LogP contribution >= 0.6 is 0 Å². The van der Waals surface area contributed by atoms with Gasteiger partial charge in [0, 0.05) is 7.11 Å². The zero-order chi connectivity index (χ0) is 12.3. The molecule has 0 atom stereocenters. The van der Waals surface area contributed by atoms with Crippen LogP contribution in [0.4, 0.5) is 0 Å². The average Bonchev–Trinajstić information content (AvgIpc) is 1.74. The molecule has 0 fully saturated rings. The Labute approximate surface area is 96.6 Å². The second-order valence-corrected chi connectivity index (χ2v) is 7.72. The van der Waals surface area contributed by atoms with E-state index >= 15 is 0 Å². The quantitative estimate of drug-likeness (QED) is 0.669. The highest BCUT2D eigenvalue weighted by Crippen LogP contribution is 2.42. The Morgan fingerprint density at radius 1 is 0.733 bits per heavy atom. The number of rotatable bonds is 4. The van der Waals surface area contributed by atoms with Gasteiger partial charge in [-0.1, -0.05) is 48.5 Å². The Hall–Kier alpha value is -0.0400. The van der Waals surface area contributed by atoms with E-state index in [2.05, 4.69) is 48.5 Å². The Morgan fingerprint density at radius 2 is 1.07 bits per heavy atom. The maximum atomic E-state index is 5.40. The van der Waals surface area contributed by atoms with Crippen molar-refractivity contribution in [1.29, 1.82) is 0 Å². The van der Waals surface area contributed by atoms with Crippen LogP contribution in [0.3, 0.4) is 0 Å². The number of ether oxygens (including phenoxy) is 1. The number of hydrogen-bond donors (Lipinski definition) is 0. The summed E-state index contributed by atoms with van der Waals surface area (Å²) in [5.74, 6) is 0. The van der Waals surface area contributed by atoms with Gasteiger partial charge in [0.25, 0.3) is 0 Å². The van der Waals surface area contributed by atoms with Crippen LogP contribution in [0, 0.1) is 16.2 Å². The molecule has 0 rings (SSSR count). The third-order valence-corrected chi connectivity index (χ3v) is 2.41. The highest BCUT2D eigenvalue weighted by molar-refractivity contribution is 4.84. The fraction of sp³-hybridized carbons (Fsp3) is 1.00. The lowest BCUT2D eigenvalue weighted by Crippen LogP contribution is -2.32. The van der Waals surface area contributed by atoms with Crippen LogP contribution in [-0.2, 0) is 4.74 Å². The van der Waals surface area contributed by atoms with E-state index in [1.807, 2.05) is 7.11 Å². The van der Waals surface area contributed by atoms with Crippen LogP contribution in [0.1, 0.15) is 61.3 Å². The molecule has 0 spiro atoms. The SMILES string of the molecule is COCC(C)(CC(C)(C)C)CC(C)(C)C. The molecule has 0 heterocycles. The van der Waals surface area contributed by atoms with E-state index < -0.39 is 0 Å². The van der Waals surface area contributed by atoms with Gasteiger partial charge >= 0.3 is 0 Å². The minimum absolute atomic E-state index is 0.297. The van der Waals surface area contributed by atoms with Crippen molar-refractivity contribution in [3.05, 3.63) is 0 Å². The van der Waals surface area contributed by atoms with Gasteiger partial charge in [0.05, 0.1) is 6.61 Å². The van der Waals surface area contributed by atoms with E-state index in [1.165, 1.54) is 12.8 Å². The second-order valence-electron chi connectivity index (χ2n) is 7.72. The van der Waals surface area contributed by atoms with Crippen LogP contribution in [-0.4, -0.2) is 13.7 Å².